The molecule has 0 saturated carbocycles. The Kier molecular flexibility index (Phi) is 3.84. The average molecular weight is 366 g/mol. The second-order valence-corrected chi connectivity index (χ2v) is 7.24. The van der Waals surface area contributed by atoms with Crippen LogP contribution in [-0.4, -0.2) is 57.2 Å². The Morgan fingerprint density at radius 1 is 1.04 bits per heavy atom. The van der Waals surface area contributed by atoms with Gasteiger partial charge < -0.3 is 4.90 Å². The molecule has 0 radical (unpaired) electrons. The number of rotatable bonds is 2. The largest absolute Gasteiger partial charge is 0.352 e. The highest BCUT2D eigenvalue weighted by Crippen LogP contribution is 2.29. The summed E-state index contributed by atoms with van der Waals surface area (Å²) in [5, 5.41) is 4.51. The molecule has 140 valence electrons. The first-order valence-electron chi connectivity index (χ1n) is 9.63. The number of aromatic nitrogens is 3. The van der Waals surface area contributed by atoms with Crippen LogP contribution in [0.15, 0.2) is 34.1 Å². The smallest absolute Gasteiger partial charge is 0.341 e. The molecule has 1 fully saturated rings. The zero-order valence-corrected chi connectivity index (χ0v) is 15.2. The maximum Gasteiger partial charge on any atom is 0.352 e. The van der Waals surface area contributed by atoms with Gasteiger partial charge in [-0.25, -0.2) is 14.0 Å². The van der Waals surface area contributed by atoms with Crippen LogP contribution in [-0.2, 0) is 11.3 Å². The van der Waals surface area contributed by atoms with Gasteiger partial charge in [0.25, 0.3) is 0 Å². The number of nitrogens with zero attached hydrogens (tertiary/aromatic N) is 6. The van der Waals surface area contributed by atoms with Crippen molar-refractivity contribution in [3.05, 3.63) is 40.3 Å². The van der Waals surface area contributed by atoms with Gasteiger partial charge in [-0.15, -0.1) is 5.10 Å². The summed E-state index contributed by atoms with van der Waals surface area (Å²) < 4.78 is 2.91. The maximum absolute atomic E-state index is 13.1. The summed E-state index contributed by atoms with van der Waals surface area (Å²) in [6, 6.07) is 7.73. The van der Waals surface area contributed by atoms with E-state index in [1.165, 1.54) is 4.68 Å². The third-order valence-corrected chi connectivity index (χ3v) is 5.53. The number of amidine groups is 1. The molecular weight excluding hydrogens is 344 g/mol. The minimum absolute atomic E-state index is 0.0126. The normalized spacial score (nSPS) is 18.4. The molecule has 0 spiro atoms. The van der Waals surface area contributed by atoms with Crippen LogP contribution in [0.1, 0.15) is 31.2 Å². The minimum Gasteiger partial charge on any atom is -0.341 e. The third-order valence-electron chi connectivity index (χ3n) is 5.53. The number of carbonyl (C=O) groups excluding carboxylic acids is 1. The van der Waals surface area contributed by atoms with Crippen molar-refractivity contribution < 1.29 is 4.79 Å². The van der Waals surface area contributed by atoms with Crippen molar-refractivity contribution in [3.63, 3.8) is 0 Å². The van der Waals surface area contributed by atoms with Gasteiger partial charge in [0.2, 0.25) is 11.9 Å². The van der Waals surface area contributed by atoms with Crippen LogP contribution in [0.5, 0.6) is 0 Å². The fourth-order valence-electron chi connectivity index (χ4n) is 4.16. The van der Waals surface area contributed by atoms with E-state index in [2.05, 4.69) is 10.1 Å². The number of likely N-dealkylation sites (tertiary alicyclic amines) is 1. The van der Waals surface area contributed by atoms with Gasteiger partial charge in [0.1, 0.15) is 12.4 Å². The number of hydrogen-bond donors (Lipinski definition) is 0. The standard InChI is InChI=1S/C19H22N6O2/c26-16(22-10-5-1-2-6-11-22)13-24-19(27)25-15-8-4-3-7-14(15)17-20-9-12-23(17)18(25)21-24/h3-4,7-8H,1-2,5-6,9-13H2. The lowest BCUT2D eigenvalue weighted by atomic mass is 10.1. The molecule has 0 bridgehead atoms. The van der Waals surface area contributed by atoms with Crippen LogP contribution in [0.25, 0.3) is 5.69 Å². The van der Waals surface area contributed by atoms with Crippen LogP contribution in [0.3, 0.4) is 0 Å². The Labute approximate surface area is 156 Å². The summed E-state index contributed by atoms with van der Waals surface area (Å²) in [5.74, 6) is 1.38. The van der Waals surface area contributed by atoms with Crippen molar-refractivity contribution in [3.8, 4) is 5.69 Å². The van der Waals surface area contributed by atoms with E-state index in [0.717, 1.165) is 55.9 Å². The van der Waals surface area contributed by atoms with Crippen LogP contribution < -0.4 is 10.6 Å². The van der Waals surface area contributed by atoms with Crippen LogP contribution in [0.4, 0.5) is 5.95 Å². The molecule has 0 N–H and O–H groups in total. The fourth-order valence-corrected chi connectivity index (χ4v) is 4.16. The Morgan fingerprint density at radius 3 is 2.63 bits per heavy atom. The quantitative estimate of drug-likeness (QED) is 0.795. The van der Waals surface area contributed by atoms with Crippen LogP contribution in [0.2, 0.25) is 0 Å². The number of fused-ring (bicyclic) bond motifs is 6. The highest BCUT2D eigenvalue weighted by Gasteiger charge is 2.34. The number of carbonyl (C=O) groups is 1. The second kappa shape index (κ2) is 6.37. The van der Waals surface area contributed by atoms with Gasteiger partial charge in [0.15, 0.2) is 0 Å². The fraction of sp³-hybridized carbons (Fsp3) is 0.474. The van der Waals surface area contributed by atoms with Gasteiger partial charge in [-0.1, -0.05) is 25.0 Å². The van der Waals surface area contributed by atoms with E-state index in [0.29, 0.717) is 19.0 Å². The molecule has 0 atom stereocenters. The van der Waals surface area contributed by atoms with Gasteiger partial charge in [-0.05, 0) is 25.0 Å². The summed E-state index contributed by atoms with van der Waals surface area (Å²) in [5.41, 5.74) is 1.44. The third kappa shape index (κ3) is 2.58. The summed E-state index contributed by atoms with van der Waals surface area (Å²) in [7, 11) is 0. The maximum atomic E-state index is 13.1. The van der Waals surface area contributed by atoms with E-state index >= 15 is 0 Å². The van der Waals surface area contributed by atoms with Crippen LogP contribution in [0, 0.1) is 0 Å². The number of aliphatic imine (C=N–C) groups is 1. The van der Waals surface area contributed by atoms with E-state index in [4.69, 9.17) is 0 Å². The van der Waals surface area contributed by atoms with E-state index < -0.39 is 0 Å². The molecule has 8 heteroatoms. The summed E-state index contributed by atoms with van der Waals surface area (Å²) >= 11 is 0. The lowest BCUT2D eigenvalue weighted by molar-refractivity contribution is -0.132. The molecule has 1 aromatic carbocycles. The molecule has 27 heavy (non-hydrogen) atoms. The van der Waals surface area contributed by atoms with Gasteiger partial charge >= 0.3 is 5.69 Å². The van der Waals surface area contributed by atoms with E-state index in [9.17, 15) is 9.59 Å². The van der Waals surface area contributed by atoms with Crippen molar-refractivity contribution >= 4 is 17.7 Å². The summed E-state index contributed by atoms with van der Waals surface area (Å²) in [6.45, 7) is 2.90. The molecule has 0 unspecified atom stereocenters. The zero-order chi connectivity index (χ0) is 18.4. The first-order valence-corrected chi connectivity index (χ1v) is 9.63. The molecular formula is C19H22N6O2. The van der Waals surface area contributed by atoms with Crippen molar-refractivity contribution in [2.24, 2.45) is 4.99 Å². The van der Waals surface area contributed by atoms with Gasteiger partial charge in [-0.3, -0.25) is 14.7 Å². The lowest BCUT2D eigenvalue weighted by Gasteiger charge is -2.26. The monoisotopic (exact) mass is 366 g/mol. The van der Waals surface area contributed by atoms with Gasteiger partial charge in [0.05, 0.1) is 12.2 Å². The molecule has 1 aromatic heterocycles. The van der Waals surface area contributed by atoms with Gasteiger partial charge in [-0.2, -0.15) is 0 Å². The minimum atomic E-state index is -0.272. The summed E-state index contributed by atoms with van der Waals surface area (Å²) in [6.07, 6.45) is 4.38. The molecule has 8 nitrogen and oxygen atoms in total. The molecule has 1 saturated heterocycles. The number of hydrogen-bond acceptors (Lipinski definition) is 5. The van der Waals surface area contributed by atoms with E-state index in [-0.39, 0.29) is 18.1 Å². The molecule has 3 aliphatic rings. The van der Waals surface area contributed by atoms with E-state index in [1.54, 1.807) is 4.57 Å². The predicted octanol–water partition coefficient (Wildman–Crippen LogP) is 1.02. The Bertz CT molecular complexity index is 980. The second-order valence-electron chi connectivity index (χ2n) is 7.24. The number of benzene rings is 1. The molecule has 4 heterocycles. The first kappa shape index (κ1) is 16.3. The molecule has 3 aliphatic heterocycles. The highest BCUT2D eigenvalue weighted by molar-refractivity contribution is 6.14. The average Bonchev–Trinajstić information content (AvgIpc) is 3.18. The van der Waals surface area contributed by atoms with Crippen molar-refractivity contribution in [1.82, 2.24) is 19.2 Å². The zero-order valence-electron chi connectivity index (χ0n) is 15.2. The van der Waals surface area contributed by atoms with Crippen molar-refractivity contribution in [2.45, 2.75) is 32.2 Å². The van der Waals surface area contributed by atoms with E-state index in [1.807, 2.05) is 34.1 Å². The number of anilines is 1. The molecule has 0 aliphatic carbocycles. The Balaban J connectivity index is 1.52. The molecule has 1 amide bonds. The number of amides is 1. The van der Waals surface area contributed by atoms with Crippen molar-refractivity contribution in [1.29, 1.82) is 0 Å². The summed E-state index contributed by atoms with van der Waals surface area (Å²) in [4.78, 5) is 34.2. The number of para-hydroxylation sites is 1. The predicted molar refractivity (Wildman–Crippen MR) is 102 cm³/mol. The topological polar surface area (TPSA) is 75.7 Å². The first-order chi connectivity index (χ1) is 13.2. The van der Waals surface area contributed by atoms with Gasteiger partial charge in [0, 0.05) is 25.2 Å². The Morgan fingerprint density at radius 2 is 1.81 bits per heavy atom. The molecule has 2 aromatic rings. The van der Waals surface area contributed by atoms with Crippen molar-refractivity contribution in [2.75, 3.05) is 31.1 Å². The SMILES string of the molecule is O=C(Cn1nc2n(c1=O)-c1ccccc1C1=NCCN12)N1CCCCCC1. The highest BCUT2D eigenvalue weighted by atomic mass is 16.2. The molecule has 5 rings (SSSR count). The Hall–Kier alpha value is -2.90. The van der Waals surface area contributed by atoms with Crippen LogP contribution >= 0.6 is 0 Å². The lowest BCUT2D eigenvalue weighted by Crippen LogP contribution is -2.39.